The van der Waals surface area contributed by atoms with Crippen molar-refractivity contribution in [2.45, 2.75) is 0 Å². The second-order valence-electron chi connectivity index (χ2n) is 1.26. The Balaban J connectivity index is 2.91. The van der Waals surface area contributed by atoms with Crippen LogP contribution in [0.25, 0.3) is 0 Å². The van der Waals surface area contributed by atoms with Gasteiger partial charge in [-0.2, -0.15) is 0 Å². The van der Waals surface area contributed by atoms with E-state index in [1.165, 1.54) is 11.1 Å². The van der Waals surface area contributed by atoms with Crippen LogP contribution in [0.5, 0.6) is 0 Å². The zero-order chi connectivity index (χ0) is 6.95. The first-order valence-corrected chi connectivity index (χ1v) is 3.37. The Hall–Kier alpha value is 0.0200. The van der Waals surface area contributed by atoms with Gasteiger partial charge in [-0.1, -0.05) is 23.2 Å². The highest BCUT2D eigenvalue weighted by atomic mass is 35.5. The first-order chi connectivity index (χ1) is 4.41. The lowest BCUT2D eigenvalue weighted by Crippen LogP contribution is -1.88. The predicted octanol–water partition coefficient (Wildman–Crippen LogP) is 2.51. The molecule has 0 aliphatic rings. The van der Waals surface area contributed by atoms with Gasteiger partial charge < -0.3 is 4.74 Å². The minimum absolute atomic E-state index is 0.532. The van der Waals surface area contributed by atoms with Crippen LogP contribution in [0.2, 0.25) is 0 Å². The van der Waals surface area contributed by atoms with Crippen LogP contribution < -0.4 is 0 Å². The van der Waals surface area contributed by atoms with E-state index in [2.05, 4.69) is 0 Å². The summed E-state index contributed by atoms with van der Waals surface area (Å²) < 4.78 is 4.97. The number of hydrogen-bond acceptors (Lipinski definition) is 1. The lowest BCUT2D eigenvalue weighted by molar-refractivity contribution is 0.194. The monoisotopic (exact) mass is 166 g/mol. The van der Waals surface area contributed by atoms with E-state index < -0.39 is 0 Å². The van der Waals surface area contributed by atoms with Crippen LogP contribution in [0.4, 0.5) is 0 Å². The van der Waals surface area contributed by atoms with Crippen molar-refractivity contribution in [1.82, 2.24) is 0 Å². The molecule has 52 valence electrons. The van der Waals surface area contributed by atoms with Gasteiger partial charge in [0.2, 0.25) is 0 Å². The largest absolute Gasteiger partial charge is 0.373 e. The van der Waals surface area contributed by atoms with Crippen LogP contribution >= 0.6 is 23.2 Å². The minimum Gasteiger partial charge on any atom is -0.373 e. The molecule has 1 nitrogen and oxygen atoms in total. The van der Waals surface area contributed by atoms with Crippen molar-refractivity contribution < 1.29 is 4.74 Å². The summed E-state index contributed by atoms with van der Waals surface area (Å²) in [6, 6.07) is 0. The number of rotatable bonds is 4. The summed E-state index contributed by atoms with van der Waals surface area (Å²) in [6.45, 7) is 1.06. The summed E-state index contributed by atoms with van der Waals surface area (Å²) in [4.78, 5) is 0. The zero-order valence-electron chi connectivity index (χ0n) is 4.89. The summed E-state index contributed by atoms with van der Waals surface area (Å²) in [5.41, 5.74) is 2.84. The Labute approximate surface area is 64.9 Å². The smallest absolute Gasteiger partial charge is 0.0663 e. The molecular weight excluding hydrogens is 159 g/mol. The highest BCUT2D eigenvalue weighted by Gasteiger charge is 1.75. The van der Waals surface area contributed by atoms with Crippen molar-refractivity contribution in [3.63, 3.8) is 0 Å². The van der Waals surface area contributed by atoms with E-state index in [-0.39, 0.29) is 0 Å². The highest BCUT2D eigenvalue weighted by Crippen LogP contribution is 1.83. The molecule has 3 heteroatoms. The fraction of sp³-hybridized carbons (Fsp3) is 0.333. The van der Waals surface area contributed by atoms with Crippen LogP contribution in [-0.4, -0.2) is 13.2 Å². The van der Waals surface area contributed by atoms with Crippen molar-refractivity contribution in [3.05, 3.63) is 23.2 Å². The molecule has 0 N–H and O–H groups in total. The quantitative estimate of drug-likeness (QED) is 0.584. The van der Waals surface area contributed by atoms with Gasteiger partial charge in [-0.25, -0.2) is 0 Å². The molecule has 0 unspecified atom stereocenters. The third-order valence-corrected chi connectivity index (χ3v) is 0.963. The molecule has 0 saturated carbocycles. The molecule has 0 spiro atoms. The van der Waals surface area contributed by atoms with Gasteiger partial charge in [-0.3, -0.25) is 0 Å². The molecule has 0 bridgehead atoms. The lowest BCUT2D eigenvalue weighted by Gasteiger charge is -1.91. The first-order valence-electron chi connectivity index (χ1n) is 2.50. The zero-order valence-corrected chi connectivity index (χ0v) is 6.40. The van der Waals surface area contributed by atoms with Crippen LogP contribution in [0.1, 0.15) is 0 Å². The van der Waals surface area contributed by atoms with E-state index in [1.54, 1.807) is 12.2 Å². The Kier molecular flexibility index (Phi) is 8.04. The second kappa shape index (κ2) is 8.02. The molecule has 0 aliphatic heterocycles. The Morgan fingerprint density at radius 1 is 1.00 bits per heavy atom. The van der Waals surface area contributed by atoms with E-state index in [9.17, 15) is 0 Å². The number of hydrogen-bond donors (Lipinski definition) is 0. The van der Waals surface area contributed by atoms with Gasteiger partial charge in [0.15, 0.2) is 0 Å². The van der Waals surface area contributed by atoms with E-state index >= 15 is 0 Å². The maximum Gasteiger partial charge on any atom is 0.0663 e. The van der Waals surface area contributed by atoms with E-state index in [0.717, 1.165) is 0 Å². The number of ether oxygens (including phenoxy) is 1. The van der Waals surface area contributed by atoms with Gasteiger partial charge in [-0.05, 0) is 12.2 Å². The average molecular weight is 167 g/mol. The average Bonchev–Trinajstić information content (AvgIpc) is 1.89. The molecule has 0 rings (SSSR count). The van der Waals surface area contributed by atoms with Gasteiger partial charge in [0.25, 0.3) is 0 Å². The van der Waals surface area contributed by atoms with Gasteiger partial charge in [0.05, 0.1) is 13.2 Å². The van der Waals surface area contributed by atoms with Crippen molar-refractivity contribution in [2.75, 3.05) is 13.2 Å². The molecule has 0 aromatic carbocycles. The summed E-state index contributed by atoms with van der Waals surface area (Å²) in [7, 11) is 0. The molecule has 0 fully saturated rings. The van der Waals surface area contributed by atoms with Crippen LogP contribution in [0, 0.1) is 0 Å². The standard InChI is InChI=1S/C6H8Cl2O/c7-3-1-5-9-6-2-4-8/h1-4H,5-6H2/b3-1-,4-2-. The Morgan fingerprint density at radius 2 is 1.44 bits per heavy atom. The predicted molar refractivity (Wildman–Crippen MR) is 40.8 cm³/mol. The molecule has 0 aromatic heterocycles. The van der Waals surface area contributed by atoms with E-state index in [4.69, 9.17) is 27.9 Å². The second-order valence-corrected chi connectivity index (χ2v) is 1.76. The molecule has 0 aliphatic carbocycles. The maximum absolute atomic E-state index is 5.21. The summed E-state index contributed by atoms with van der Waals surface area (Å²) in [6.07, 6.45) is 3.42. The van der Waals surface area contributed by atoms with E-state index in [0.29, 0.717) is 13.2 Å². The van der Waals surface area contributed by atoms with Crippen molar-refractivity contribution >= 4 is 23.2 Å². The SMILES string of the molecule is Cl/C=C\COC/C=C\Cl. The fourth-order valence-corrected chi connectivity index (χ4v) is 0.422. The van der Waals surface area contributed by atoms with Crippen LogP contribution in [0.3, 0.4) is 0 Å². The third kappa shape index (κ3) is 8.02. The molecule has 0 atom stereocenters. The van der Waals surface area contributed by atoms with Gasteiger partial charge in [-0.15, -0.1) is 0 Å². The third-order valence-electron chi connectivity index (χ3n) is 0.606. The van der Waals surface area contributed by atoms with Gasteiger partial charge in [0.1, 0.15) is 0 Å². The topological polar surface area (TPSA) is 9.23 Å². The van der Waals surface area contributed by atoms with Crippen molar-refractivity contribution in [2.24, 2.45) is 0 Å². The van der Waals surface area contributed by atoms with Crippen molar-refractivity contribution in [3.8, 4) is 0 Å². The Morgan fingerprint density at radius 3 is 1.78 bits per heavy atom. The molecule has 0 radical (unpaired) electrons. The van der Waals surface area contributed by atoms with Gasteiger partial charge >= 0.3 is 0 Å². The molecular formula is C6H8Cl2O. The highest BCUT2D eigenvalue weighted by molar-refractivity contribution is 6.25. The summed E-state index contributed by atoms with van der Waals surface area (Å²) in [5, 5.41) is 0. The molecule has 9 heavy (non-hydrogen) atoms. The molecule has 0 aromatic rings. The van der Waals surface area contributed by atoms with Gasteiger partial charge in [0, 0.05) is 11.1 Å². The fourth-order valence-electron chi connectivity index (χ4n) is 0.277. The number of halogens is 2. The minimum atomic E-state index is 0.532. The maximum atomic E-state index is 5.21. The van der Waals surface area contributed by atoms with E-state index in [1.807, 2.05) is 0 Å². The molecule has 0 amide bonds. The van der Waals surface area contributed by atoms with Crippen LogP contribution in [-0.2, 0) is 4.74 Å². The molecule has 0 saturated heterocycles. The summed E-state index contributed by atoms with van der Waals surface area (Å²) in [5.74, 6) is 0. The molecule has 0 heterocycles. The summed E-state index contributed by atoms with van der Waals surface area (Å²) >= 11 is 10.4. The Bertz CT molecular complexity index is 87.2. The van der Waals surface area contributed by atoms with Crippen LogP contribution in [0.15, 0.2) is 23.2 Å². The normalized spacial score (nSPS) is 11.8. The van der Waals surface area contributed by atoms with Crippen molar-refractivity contribution in [1.29, 1.82) is 0 Å². The first kappa shape index (κ1) is 9.02. The lowest BCUT2D eigenvalue weighted by atomic mass is 10.6.